The Labute approximate surface area is 148 Å². The fourth-order valence-electron chi connectivity index (χ4n) is 3.63. The molecule has 0 saturated carbocycles. The number of hydrogen-bond donors (Lipinski definition) is 1. The number of nitrogens with one attached hydrogen (secondary N) is 1. The average Bonchev–Trinajstić information content (AvgIpc) is 2.59. The summed E-state index contributed by atoms with van der Waals surface area (Å²) in [6, 6.07) is 4.60. The van der Waals surface area contributed by atoms with Crippen LogP contribution in [-0.4, -0.2) is 18.9 Å². The summed E-state index contributed by atoms with van der Waals surface area (Å²) in [6.07, 6.45) is -1.62. The van der Waals surface area contributed by atoms with E-state index < -0.39 is 29.5 Å². The molecule has 3 rings (SSSR count). The van der Waals surface area contributed by atoms with Crippen LogP contribution in [0.3, 0.4) is 0 Å². The molecule has 2 unspecified atom stereocenters. The van der Waals surface area contributed by atoms with Gasteiger partial charge in [-0.25, -0.2) is 4.79 Å². The number of carbonyl (C=O) groups is 2. The molecular weight excluding hydrogens is 347 g/mol. The largest absolute Gasteiger partial charge is 0.466 e. The van der Waals surface area contributed by atoms with Crippen molar-refractivity contribution in [1.82, 2.24) is 5.32 Å². The number of esters is 1. The summed E-state index contributed by atoms with van der Waals surface area (Å²) >= 11 is 0. The molecule has 0 radical (unpaired) electrons. The Hall–Kier alpha value is -2.57. The molecule has 1 aliphatic heterocycles. The van der Waals surface area contributed by atoms with Gasteiger partial charge in [0.1, 0.15) is 5.78 Å². The van der Waals surface area contributed by atoms with E-state index in [0.29, 0.717) is 29.8 Å². The van der Waals surface area contributed by atoms with Gasteiger partial charge in [0.25, 0.3) is 0 Å². The molecule has 1 aromatic carbocycles. The zero-order valence-electron chi connectivity index (χ0n) is 14.3. The van der Waals surface area contributed by atoms with E-state index in [1.165, 1.54) is 19.2 Å². The normalized spacial score (nSPS) is 23.1. The predicted molar refractivity (Wildman–Crippen MR) is 87.9 cm³/mol. The lowest BCUT2D eigenvalue weighted by molar-refractivity contribution is -0.138. The molecule has 0 fully saturated rings. The highest BCUT2D eigenvalue weighted by molar-refractivity contribution is 5.96. The number of alkyl halides is 3. The minimum atomic E-state index is -4.45. The van der Waals surface area contributed by atoms with Gasteiger partial charge in [0.2, 0.25) is 0 Å². The standard InChI is InChI=1S/C19H18F3NO3/c1-10-15(18(25)26-2)16(17-13(23-10)4-3-5-14(17)24)11-6-8-12(9-7-11)19(20,21)22/h4,6-9,16-17,23H,3,5H2,1-2H3. The van der Waals surface area contributed by atoms with Crippen LogP contribution < -0.4 is 5.32 Å². The molecule has 0 saturated heterocycles. The van der Waals surface area contributed by atoms with Crippen molar-refractivity contribution < 1.29 is 27.5 Å². The van der Waals surface area contributed by atoms with Crippen molar-refractivity contribution in [3.63, 3.8) is 0 Å². The number of rotatable bonds is 2. The first-order valence-corrected chi connectivity index (χ1v) is 8.20. The Balaban J connectivity index is 2.13. The minimum absolute atomic E-state index is 0.0474. The highest BCUT2D eigenvalue weighted by Gasteiger charge is 2.43. The molecular formula is C19H18F3NO3. The molecule has 1 N–H and O–H groups in total. The van der Waals surface area contributed by atoms with Crippen LogP contribution in [0.2, 0.25) is 0 Å². The first kappa shape index (κ1) is 18.2. The fraction of sp³-hybridized carbons (Fsp3) is 0.368. The van der Waals surface area contributed by atoms with Crippen molar-refractivity contribution >= 4 is 11.8 Å². The Morgan fingerprint density at radius 3 is 2.42 bits per heavy atom. The van der Waals surface area contributed by atoms with Gasteiger partial charge >= 0.3 is 12.1 Å². The van der Waals surface area contributed by atoms with Crippen LogP contribution in [0.4, 0.5) is 13.2 Å². The second kappa shape index (κ2) is 6.63. The first-order chi connectivity index (χ1) is 12.2. The molecule has 0 bridgehead atoms. The summed E-state index contributed by atoms with van der Waals surface area (Å²) < 4.78 is 43.4. The van der Waals surface area contributed by atoms with E-state index >= 15 is 0 Å². The van der Waals surface area contributed by atoms with E-state index in [9.17, 15) is 22.8 Å². The van der Waals surface area contributed by atoms with Crippen LogP contribution >= 0.6 is 0 Å². The number of halogens is 3. The average molecular weight is 365 g/mol. The van der Waals surface area contributed by atoms with Crippen molar-refractivity contribution in [2.75, 3.05) is 7.11 Å². The van der Waals surface area contributed by atoms with Crippen LogP contribution in [0.1, 0.15) is 36.8 Å². The van der Waals surface area contributed by atoms with Gasteiger partial charge in [-0.2, -0.15) is 13.2 Å². The summed E-state index contributed by atoms with van der Waals surface area (Å²) in [7, 11) is 1.24. The van der Waals surface area contributed by atoms with Crippen molar-refractivity contribution in [3.05, 3.63) is 58.4 Å². The van der Waals surface area contributed by atoms with Crippen LogP contribution in [0, 0.1) is 5.92 Å². The second-order valence-electron chi connectivity index (χ2n) is 6.39. The summed E-state index contributed by atoms with van der Waals surface area (Å²) in [5, 5.41) is 3.09. The third kappa shape index (κ3) is 3.13. The van der Waals surface area contributed by atoms with Gasteiger partial charge in [-0.05, 0) is 31.0 Å². The van der Waals surface area contributed by atoms with Gasteiger partial charge in [0, 0.05) is 23.7 Å². The van der Waals surface area contributed by atoms with E-state index in [4.69, 9.17) is 4.74 Å². The van der Waals surface area contributed by atoms with E-state index in [-0.39, 0.29) is 11.4 Å². The number of allylic oxidation sites excluding steroid dienone is 3. The van der Waals surface area contributed by atoms with Gasteiger partial charge in [0.05, 0.1) is 24.2 Å². The minimum Gasteiger partial charge on any atom is -0.466 e. The number of ether oxygens (including phenoxy) is 1. The molecule has 138 valence electrons. The highest BCUT2D eigenvalue weighted by atomic mass is 19.4. The predicted octanol–water partition coefficient (Wildman–Crippen LogP) is 3.70. The van der Waals surface area contributed by atoms with E-state index in [1.807, 2.05) is 6.08 Å². The number of hydrogen-bond acceptors (Lipinski definition) is 4. The lowest BCUT2D eigenvalue weighted by atomic mass is 9.71. The number of benzene rings is 1. The molecule has 0 aromatic heterocycles. The van der Waals surface area contributed by atoms with Gasteiger partial charge in [-0.15, -0.1) is 0 Å². The van der Waals surface area contributed by atoms with Gasteiger partial charge in [-0.1, -0.05) is 18.2 Å². The van der Waals surface area contributed by atoms with E-state index in [1.54, 1.807) is 6.92 Å². The Kier molecular flexibility index (Phi) is 4.64. The van der Waals surface area contributed by atoms with Crippen molar-refractivity contribution in [2.24, 2.45) is 5.92 Å². The SMILES string of the molecule is COC(=O)C1=C(C)NC2=CCCC(=O)C2C1c1ccc(C(F)(F)F)cc1. The zero-order chi connectivity index (χ0) is 19.1. The summed E-state index contributed by atoms with van der Waals surface area (Å²) in [4.78, 5) is 24.9. The summed E-state index contributed by atoms with van der Waals surface area (Å²) in [5.41, 5.74) is 1.20. The summed E-state index contributed by atoms with van der Waals surface area (Å²) in [6.45, 7) is 1.69. The number of Topliss-reactive ketones (excluding diaryl/α,β-unsaturated/α-hetero) is 1. The first-order valence-electron chi connectivity index (χ1n) is 8.20. The number of carbonyl (C=O) groups excluding carboxylic acids is 2. The number of ketones is 1. The van der Waals surface area contributed by atoms with Crippen LogP contribution in [-0.2, 0) is 20.5 Å². The molecule has 4 nitrogen and oxygen atoms in total. The Morgan fingerprint density at radius 1 is 1.19 bits per heavy atom. The molecule has 0 amide bonds. The Bertz CT molecular complexity index is 806. The van der Waals surface area contributed by atoms with Crippen LogP contribution in [0.5, 0.6) is 0 Å². The van der Waals surface area contributed by atoms with Crippen molar-refractivity contribution in [3.8, 4) is 0 Å². The van der Waals surface area contributed by atoms with Gasteiger partial charge in [0.15, 0.2) is 0 Å². The molecule has 1 aliphatic carbocycles. The van der Waals surface area contributed by atoms with Crippen LogP contribution in [0.15, 0.2) is 47.3 Å². The second-order valence-corrected chi connectivity index (χ2v) is 6.39. The zero-order valence-corrected chi connectivity index (χ0v) is 14.3. The monoisotopic (exact) mass is 365 g/mol. The lowest BCUT2D eigenvalue weighted by Crippen LogP contribution is -2.40. The van der Waals surface area contributed by atoms with Crippen molar-refractivity contribution in [2.45, 2.75) is 31.9 Å². The molecule has 2 aliphatic rings. The molecule has 26 heavy (non-hydrogen) atoms. The maximum atomic E-state index is 12.9. The number of fused-ring (bicyclic) bond motifs is 1. The molecule has 1 heterocycles. The van der Waals surface area contributed by atoms with Gasteiger partial charge in [-0.3, -0.25) is 4.79 Å². The third-order valence-electron chi connectivity index (χ3n) is 4.82. The smallest absolute Gasteiger partial charge is 0.416 e. The van der Waals surface area contributed by atoms with Crippen molar-refractivity contribution in [1.29, 1.82) is 0 Å². The maximum Gasteiger partial charge on any atom is 0.416 e. The molecule has 7 heteroatoms. The molecule has 1 aromatic rings. The lowest BCUT2D eigenvalue weighted by Gasteiger charge is -2.37. The van der Waals surface area contributed by atoms with Gasteiger partial charge < -0.3 is 10.1 Å². The fourth-order valence-corrected chi connectivity index (χ4v) is 3.63. The molecule has 0 spiro atoms. The Morgan fingerprint density at radius 2 is 1.85 bits per heavy atom. The highest BCUT2D eigenvalue weighted by Crippen LogP contribution is 2.44. The van der Waals surface area contributed by atoms with E-state index in [2.05, 4.69) is 5.32 Å². The maximum absolute atomic E-state index is 12.9. The molecule has 2 atom stereocenters. The van der Waals surface area contributed by atoms with Crippen LogP contribution in [0.25, 0.3) is 0 Å². The quantitative estimate of drug-likeness (QED) is 0.812. The van der Waals surface area contributed by atoms with E-state index in [0.717, 1.165) is 12.1 Å². The topological polar surface area (TPSA) is 55.4 Å². The number of methoxy groups -OCH3 is 1. The third-order valence-corrected chi connectivity index (χ3v) is 4.82. The summed E-state index contributed by atoms with van der Waals surface area (Å²) in [5.74, 6) is -1.95.